The van der Waals surface area contributed by atoms with Crippen LogP contribution in [0.1, 0.15) is 36.3 Å². The molecule has 0 aliphatic rings. The van der Waals surface area contributed by atoms with Gasteiger partial charge in [-0.25, -0.2) is 0 Å². The summed E-state index contributed by atoms with van der Waals surface area (Å²) in [5.41, 5.74) is -1.91. The van der Waals surface area contributed by atoms with Crippen molar-refractivity contribution in [3.8, 4) is 0 Å². The Bertz CT molecular complexity index is 544. The second kappa shape index (κ2) is 7.24. The van der Waals surface area contributed by atoms with Crippen LogP contribution in [0.5, 0.6) is 0 Å². The van der Waals surface area contributed by atoms with Crippen LogP contribution in [0, 0.1) is 11.8 Å². The van der Waals surface area contributed by atoms with Gasteiger partial charge in [-0.2, -0.15) is 13.2 Å². The van der Waals surface area contributed by atoms with Gasteiger partial charge >= 0.3 is 12.1 Å². The molecule has 1 atom stereocenters. The maximum absolute atomic E-state index is 12.8. The van der Waals surface area contributed by atoms with E-state index in [1.807, 2.05) is 13.8 Å². The number of alkyl halides is 3. The molecule has 22 heavy (non-hydrogen) atoms. The maximum Gasteiger partial charge on any atom is 0.418 e. The fourth-order valence-corrected chi connectivity index (χ4v) is 1.96. The molecule has 0 radical (unpaired) electrons. The standard InChI is InChI=1S/C14H17F3N2O3/c1-8(2)6-9(13(21)22)7-19-12(20)11-10(14(15,16)17)4-3-5-18-11/h3-5,8-9H,6-7H2,1-2H3,(H,19,20)(H,21,22). The first-order chi connectivity index (χ1) is 10.1. The van der Waals surface area contributed by atoms with E-state index in [1.54, 1.807) is 0 Å². The van der Waals surface area contributed by atoms with Crippen molar-refractivity contribution >= 4 is 11.9 Å². The predicted molar refractivity (Wildman–Crippen MR) is 72.2 cm³/mol. The van der Waals surface area contributed by atoms with E-state index in [1.165, 1.54) is 0 Å². The van der Waals surface area contributed by atoms with Crippen molar-refractivity contribution in [2.24, 2.45) is 11.8 Å². The van der Waals surface area contributed by atoms with Crippen molar-refractivity contribution in [1.29, 1.82) is 0 Å². The Hall–Kier alpha value is -2.12. The number of aromatic nitrogens is 1. The molecule has 0 saturated carbocycles. The van der Waals surface area contributed by atoms with Gasteiger partial charge in [0.1, 0.15) is 5.69 Å². The van der Waals surface area contributed by atoms with Gasteiger partial charge in [-0.15, -0.1) is 0 Å². The summed E-state index contributed by atoms with van der Waals surface area (Å²) >= 11 is 0. The Morgan fingerprint density at radius 2 is 2.00 bits per heavy atom. The van der Waals surface area contributed by atoms with Crippen molar-refractivity contribution in [3.05, 3.63) is 29.6 Å². The van der Waals surface area contributed by atoms with Crippen molar-refractivity contribution in [3.63, 3.8) is 0 Å². The molecule has 1 unspecified atom stereocenters. The monoisotopic (exact) mass is 318 g/mol. The van der Waals surface area contributed by atoms with Gasteiger partial charge < -0.3 is 10.4 Å². The Balaban J connectivity index is 2.84. The Labute approximate surface area is 125 Å². The van der Waals surface area contributed by atoms with Gasteiger partial charge in [0.05, 0.1) is 11.5 Å². The Kier molecular flexibility index (Phi) is 5.90. The van der Waals surface area contributed by atoms with Gasteiger partial charge in [-0.05, 0) is 24.5 Å². The lowest BCUT2D eigenvalue weighted by Crippen LogP contribution is -2.35. The van der Waals surface area contributed by atoms with Crippen molar-refractivity contribution in [2.45, 2.75) is 26.4 Å². The van der Waals surface area contributed by atoms with E-state index in [4.69, 9.17) is 5.11 Å². The SMILES string of the molecule is CC(C)CC(CNC(=O)c1ncccc1C(F)(F)F)C(=O)O. The van der Waals surface area contributed by atoms with E-state index in [-0.39, 0.29) is 12.5 Å². The van der Waals surface area contributed by atoms with Crippen LogP contribution in [-0.2, 0) is 11.0 Å². The van der Waals surface area contributed by atoms with E-state index >= 15 is 0 Å². The molecule has 122 valence electrons. The number of carboxylic acid groups (broad SMARTS) is 1. The number of carbonyl (C=O) groups excluding carboxylic acids is 1. The zero-order valence-corrected chi connectivity index (χ0v) is 12.1. The molecule has 1 heterocycles. The summed E-state index contributed by atoms with van der Waals surface area (Å²) in [5.74, 6) is -2.92. The molecule has 0 fully saturated rings. The Morgan fingerprint density at radius 1 is 1.36 bits per heavy atom. The molecule has 0 aliphatic heterocycles. The van der Waals surface area contributed by atoms with E-state index in [0.717, 1.165) is 18.3 Å². The largest absolute Gasteiger partial charge is 0.481 e. The number of pyridine rings is 1. The molecule has 5 nitrogen and oxygen atoms in total. The molecular formula is C14H17F3N2O3. The lowest BCUT2D eigenvalue weighted by atomic mass is 9.97. The summed E-state index contributed by atoms with van der Waals surface area (Å²) in [5, 5.41) is 11.3. The number of nitrogens with zero attached hydrogens (tertiary/aromatic N) is 1. The molecule has 1 aromatic rings. The number of carboxylic acids is 1. The summed E-state index contributed by atoms with van der Waals surface area (Å²) in [6.45, 7) is 3.39. The van der Waals surface area contributed by atoms with Crippen molar-refractivity contribution < 1.29 is 27.9 Å². The number of hydrogen-bond donors (Lipinski definition) is 2. The van der Waals surface area contributed by atoms with Crippen LogP contribution in [0.25, 0.3) is 0 Å². The summed E-state index contributed by atoms with van der Waals surface area (Å²) in [6.07, 6.45) is -3.32. The molecule has 0 spiro atoms. The average Bonchev–Trinajstić information content (AvgIpc) is 2.41. The topological polar surface area (TPSA) is 79.3 Å². The maximum atomic E-state index is 12.8. The summed E-state index contributed by atoms with van der Waals surface area (Å²) in [4.78, 5) is 26.4. The van der Waals surface area contributed by atoms with Gasteiger partial charge in [-0.3, -0.25) is 14.6 Å². The van der Waals surface area contributed by atoms with E-state index in [0.29, 0.717) is 6.42 Å². The van der Waals surface area contributed by atoms with Crippen LogP contribution in [-0.4, -0.2) is 28.5 Å². The number of nitrogens with one attached hydrogen (secondary N) is 1. The lowest BCUT2D eigenvalue weighted by Gasteiger charge is -2.16. The quantitative estimate of drug-likeness (QED) is 0.845. The minimum Gasteiger partial charge on any atom is -0.481 e. The third kappa shape index (κ3) is 5.01. The Morgan fingerprint density at radius 3 is 2.50 bits per heavy atom. The highest BCUT2D eigenvalue weighted by molar-refractivity contribution is 5.94. The first-order valence-electron chi connectivity index (χ1n) is 6.66. The van der Waals surface area contributed by atoms with Gasteiger partial charge in [0.15, 0.2) is 0 Å². The second-order valence-electron chi connectivity index (χ2n) is 5.27. The highest BCUT2D eigenvalue weighted by Crippen LogP contribution is 2.30. The number of amides is 1. The summed E-state index contributed by atoms with van der Waals surface area (Å²) < 4.78 is 38.4. The fraction of sp³-hybridized carbons (Fsp3) is 0.500. The summed E-state index contributed by atoms with van der Waals surface area (Å²) in [6, 6.07) is 1.84. The minimum absolute atomic E-state index is 0.0820. The predicted octanol–water partition coefficient (Wildman–Crippen LogP) is 2.58. The second-order valence-corrected chi connectivity index (χ2v) is 5.27. The van der Waals surface area contributed by atoms with Crippen LogP contribution < -0.4 is 5.32 Å². The van der Waals surface area contributed by atoms with E-state index in [2.05, 4.69) is 10.3 Å². The number of carbonyl (C=O) groups is 2. The number of halogens is 3. The van der Waals surface area contributed by atoms with Crippen LogP contribution in [0.2, 0.25) is 0 Å². The number of aliphatic carboxylic acids is 1. The van der Waals surface area contributed by atoms with Crippen LogP contribution >= 0.6 is 0 Å². The van der Waals surface area contributed by atoms with E-state index in [9.17, 15) is 22.8 Å². The number of hydrogen-bond acceptors (Lipinski definition) is 3. The van der Waals surface area contributed by atoms with Crippen LogP contribution in [0.3, 0.4) is 0 Å². The van der Waals surface area contributed by atoms with Crippen LogP contribution in [0.15, 0.2) is 18.3 Å². The number of rotatable bonds is 6. The fourth-order valence-electron chi connectivity index (χ4n) is 1.96. The minimum atomic E-state index is -4.70. The van der Waals surface area contributed by atoms with Crippen molar-refractivity contribution in [2.75, 3.05) is 6.54 Å². The highest BCUT2D eigenvalue weighted by Gasteiger charge is 2.36. The molecule has 1 rings (SSSR count). The van der Waals surface area contributed by atoms with E-state index < -0.39 is 35.2 Å². The van der Waals surface area contributed by atoms with Gasteiger partial charge in [0.25, 0.3) is 5.91 Å². The molecule has 0 saturated heterocycles. The average molecular weight is 318 g/mol. The first-order valence-corrected chi connectivity index (χ1v) is 6.66. The molecule has 0 aromatic carbocycles. The molecule has 0 bridgehead atoms. The van der Waals surface area contributed by atoms with Crippen molar-refractivity contribution in [1.82, 2.24) is 10.3 Å². The molecule has 0 aliphatic carbocycles. The highest BCUT2D eigenvalue weighted by atomic mass is 19.4. The molecule has 2 N–H and O–H groups in total. The lowest BCUT2D eigenvalue weighted by molar-refractivity contribution is -0.142. The third-order valence-corrected chi connectivity index (χ3v) is 2.94. The molecule has 1 aromatic heterocycles. The van der Waals surface area contributed by atoms with Crippen LogP contribution in [0.4, 0.5) is 13.2 Å². The normalized spacial score (nSPS) is 13.0. The van der Waals surface area contributed by atoms with Gasteiger partial charge in [0.2, 0.25) is 0 Å². The van der Waals surface area contributed by atoms with Gasteiger partial charge in [-0.1, -0.05) is 13.8 Å². The smallest absolute Gasteiger partial charge is 0.418 e. The zero-order chi connectivity index (χ0) is 16.9. The molecule has 1 amide bonds. The third-order valence-electron chi connectivity index (χ3n) is 2.94. The summed E-state index contributed by atoms with van der Waals surface area (Å²) in [7, 11) is 0. The zero-order valence-electron chi connectivity index (χ0n) is 12.1. The molecule has 8 heteroatoms. The first kappa shape index (κ1) is 17.9. The van der Waals surface area contributed by atoms with Gasteiger partial charge in [0, 0.05) is 12.7 Å². The molecular weight excluding hydrogens is 301 g/mol.